The maximum Gasteiger partial charge on any atom is 0.335 e. The van der Waals surface area contributed by atoms with Crippen molar-refractivity contribution in [1.82, 2.24) is 0 Å². The molecule has 5 N–H and O–H groups in total. The number of anilines is 1. The normalized spacial score (nSPS) is 14.1. The predicted octanol–water partition coefficient (Wildman–Crippen LogP) is -0.105. The first kappa shape index (κ1) is 13.2. The first-order valence-electron chi connectivity index (χ1n) is 4.60. The monoisotopic (exact) mass is 245 g/mol. The summed E-state index contributed by atoms with van der Waals surface area (Å²) in [6.07, 6.45) is -4.03. The van der Waals surface area contributed by atoms with Crippen LogP contribution in [-0.2, 0) is 4.79 Å². The lowest BCUT2D eigenvalue weighted by atomic mass is 10.0. The topological polar surface area (TPSA) is 113 Å². The highest BCUT2D eigenvalue weighted by atomic mass is 19.1. The maximum atomic E-state index is 13.4. The number of hydrogen-bond acceptors (Lipinski definition) is 5. The van der Waals surface area contributed by atoms with Crippen molar-refractivity contribution < 1.29 is 29.2 Å². The Morgan fingerprint density at radius 2 is 2.06 bits per heavy atom. The number of benzene rings is 1. The molecule has 1 rings (SSSR count). The fourth-order valence-corrected chi connectivity index (χ4v) is 1.29. The van der Waals surface area contributed by atoms with Gasteiger partial charge in [-0.05, 0) is 6.07 Å². The van der Waals surface area contributed by atoms with Gasteiger partial charge in [-0.2, -0.15) is 0 Å². The van der Waals surface area contributed by atoms with Gasteiger partial charge in [-0.1, -0.05) is 0 Å². The number of carbonyl (C=O) groups is 1. The number of ether oxygens (including phenoxy) is 1. The van der Waals surface area contributed by atoms with Crippen molar-refractivity contribution in [3.8, 4) is 5.75 Å². The number of methoxy groups -OCH3 is 1. The number of rotatable bonds is 4. The Bertz CT molecular complexity index is 437. The van der Waals surface area contributed by atoms with Crippen molar-refractivity contribution in [2.75, 3.05) is 12.8 Å². The van der Waals surface area contributed by atoms with E-state index in [1.165, 1.54) is 7.11 Å². The van der Waals surface area contributed by atoms with Crippen molar-refractivity contribution in [2.45, 2.75) is 12.2 Å². The van der Waals surface area contributed by atoms with Crippen molar-refractivity contribution in [3.05, 3.63) is 23.5 Å². The molecule has 0 heterocycles. The van der Waals surface area contributed by atoms with Crippen LogP contribution in [0.15, 0.2) is 12.1 Å². The molecule has 0 radical (unpaired) electrons. The van der Waals surface area contributed by atoms with E-state index in [1.54, 1.807) is 0 Å². The molecule has 0 aromatic heterocycles. The minimum atomic E-state index is -2.13. The van der Waals surface area contributed by atoms with Gasteiger partial charge < -0.3 is 25.8 Å². The fraction of sp³-hybridized carbons (Fsp3) is 0.300. The molecule has 2 atom stereocenters. The Balaban J connectivity index is 3.17. The smallest absolute Gasteiger partial charge is 0.335 e. The zero-order chi connectivity index (χ0) is 13.2. The summed E-state index contributed by atoms with van der Waals surface area (Å²) in [6.45, 7) is 0. The molecule has 0 amide bonds. The van der Waals surface area contributed by atoms with E-state index >= 15 is 0 Å². The number of aliphatic hydroxyl groups is 2. The van der Waals surface area contributed by atoms with E-state index in [0.717, 1.165) is 12.1 Å². The van der Waals surface area contributed by atoms with Gasteiger partial charge in [0.15, 0.2) is 6.10 Å². The van der Waals surface area contributed by atoms with Gasteiger partial charge in [0.25, 0.3) is 0 Å². The number of nitrogens with two attached hydrogens (primary N) is 1. The molecule has 0 spiro atoms. The molecule has 1 aromatic rings. The quantitative estimate of drug-likeness (QED) is 0.551. The average molecular weight is 245 g/mol. The lowest BCUT2D eigenvalue weighted by Gasteiger charge is -2.16. The molecule has 2 unspecified atom stereocenters. The zero-order valence-electron chi connectivity index (χ0n) is 8.92. The summed E-state index contributed by atoms with van der Waals surface area (Å²) in [5, 5.41) is 27.1. The van der Waals surface area contributed by atoms with Crippen LogP contribution in [0.4, 0.5) is 10.1 Å². The van der Waals surface area contributed by atoms with Gasteiger partial charge in [-0.25, -0.2) is 9.18 Å². The highest BCUT2D eigenvalue weighted by Crippen LogP contribution is 2.29. The van der Waals surface area contributed by atoms with Gasteiger partial charge in [0.2, 0.25) is 0 Å². The summed E-state index contributed by atoms with van der Waals surface area (Å²) in [5.74, 6) is -2.50. The second-order valence-electron chi connectivity index (χ2n) is 3.34. The van der Waals surface area contributed by atoms with E-state index in [-0.39, 0.29) is 11.4 Å². The SMILES string of the molecule is COc1cc(C(O)C(O)C(=O)O)c(F)cc1N. The van der Waals surface area contributed by atoms with Crippen molar-refractivity contribution >= 4 is 11.7 Å². The molecule has 1 aromatic carbocycles. The highest BCUT2D eigenvalue weighted by molar-refractivity contribution is 5.73. The molecule has 0 aliphatic heterocycles. The first-order chi connectivity index (χ1) is 7.88. The van der Waals surface area contributed by atoms with E-state index < -0.39 is 29.6 Å². The van der Waals surface area contributed by atoms with Gasteiger partial charge in [0.1, 0.15) is 17.7 Å². The fourth-order valence-electron chi connectivity index (χ4n) is 1.29. The van der Waals surface area contributed by atoms with E-state index in [0.29, 0.717) is 0 Å². The van der Waals surface area contributed by atoms with E-state index in [2.05, 4.69) is 0 Å². The van der Waals surface area contributed by atoms with Crippen molar-refractivity contribution in [1.29, 1.82) is 0 Å². The third-order valence-electron chi connectivity index (χ3n) is 2.22. The Morgan fingerprint density at radius 1 is 1.47 bits per heavy atom. The van der Waals surface area contributed by atoms with Gasteiger partial charge in [0, 0.05) is 11.6 Å². The molecule has 0 saturated carbocycles. The molecule has 0 bridgehead atoms. The lowest BCUT2D eigenvalue weighted by Crippen LogP contribution is -2.28. The third kappa shape index (κ3) is 2.63. The summed E-state index contributed by atoms with van der Waals surface area (Å²) in [6, 6.07) is 1.92. The van der Waals surface area contributed by atoms with E-state index in [1.807, 2.05) is 0 Å². The number of halogens is 1. The molecule has 0 fully saturated rings. The minimum Gasteiger partial charge on any atom is -0.495 e. The van der Waals surface area contributed by atoms with Crippen LogP contribution in [0, 0.1) is 5.82 Å². The molecular weight excluding hydrogens is 233 g/mol. The molecule has 17 heavy (non-hydrogen) atoms. The Morgan fingerprint density at radius 3 is 2.53 bits per heavy atom. The highest BCUT2D eigenvalue weighted by Gasteiger charge is 2.28. The molecule has 94 valence electrons. The predicted molar refractivity (Wildman–Crippen MR) is 56.0 cm³/mol. The van der Waals surface area contributed by atoms with Crippen LogP contribution in [-0.4, -0.2) is 34.5 Å². The van der Waals surface area contributed by atoms with Gasteiger partial charge in [-0.3, -0.25) is 0 Å². The number of aliphatic carboxylic acids is 1. The second kappa shape index (κ2) is 4.98. The average Bonchev–Trinajstić information content (AvgIpc) is 2.27. The number of carboxylic acid groups (broad SMARTS) is 1. The maximum absolute atomic E-state index is 13.4. The second-order valence-corrected chi connectivity index (χ2v) is 3.34. The van der Waals surface area contributed by atoms with E-state index in [9.17, 15) is 14.3 Å². The number of carboxylic acids is 1. The molecule has 0 saturated heterocycles. The first-order valence-corrected chi connectivity index (χ1v) is 4.60. The number of aliphatic hydroxyl groups excluding tert-OH is 2. The van der Waals surface area contributed by atoms with Crippen LogP contribution in [0.3, 0.4) is 0 Å². The number of hydrogen-bond donors (Lipinski definition) is 4. The van der Waals surface area contributed by atoms with Crippen LogP contribution >= 0.6 is 0 Å². The minimum absolute atomic E-state index is 0.00534. The van der Waals surface area contributed by atoms with Crippen LogP contribution in [0.5, 0.6) is 5.75 Å². The molecule has 7 heteroatoms. The molecular formula is C10H12FNO5. The Hall–Kier alpha value is -1.86. The van der Waals surface area contributed by atoms with Crippen molar-refractivity contribution in [2.24, 2.45) is 0 Å². The van der Waals surface area contributed by atoms with Crippen LogP contribution in [0.2, 0.25) is 0 Å². The summed E-state index contributed by atoms with van der Waals surface area (Å²) in [4.78, 5) is 10.5. The van der Waals surface area contributed by atoms with Gasteiger partial charge in [-0.15, -0.1) is 0 Å². The number of nitrogen functional groups attached to an aromatic ring is 1. The third-order valence-corrected chi connectivity index (χ3v) is 2.22. The summed E-state index contributed by atoms with van der Waals surface area (Å²) in [5.41, 5.74) is 5.02. The summed E-state index contributed by atoms with van der Waals surface area (Å²) < 4.78 is 18.2. The van der Waals surface area contributed by atoms with Crippen LogP contribution in [0.1, 0.15) is 11.7 Å². The van der Waals surface area contributed by atoms with Crippen molar-refractivity contribution in [3.63, 3.8) is 0 Å². The van der Waals surface area contributed by atoms with E-state index in [4.69, 9.17) is 20.7 Å². The molecule has 0 aliphatic carbocycles. The van der Waals surface area contributed by atoms with Crippen LogP contribution in [0.25, 0.3) is 0 Å². The summed E-state index contributed by atoms with van der Waals surface area (Å²) >= 11 is 0. The molecule has 6 nitrogen and oxygen atoms in total. The van der Waals surface area contributed by atoms with Gasteiger partial charge in [0.05, 0.1) is 12.8 Å². The van der Waals surface area contributed by atoms with Crippen LogP contribution < -0.4 is 10.5 Å². The standard InChI is InChI=1S/C10H12FNO5/c1-17-7-2-4(5(11)3-6(7)12)8(13)9(14)10(15)16/h2-3,8-9,13-14H,12H2,1H3,(H,15,16). The largest absolute Gasteiger partial charge is 0.495 e. The zero-order valence-corrected chi connectivity index (χ0v) is 8.92. The molecule has 0 aliphatic rings. The Kier molecular flexibility index (Phi) is 3.87. The summed E-state index contributed by atoms with van der Waals surface area (Å²) in [7, 11) is 1.29. The van der Waals surface area contributed by atoms with Gasteiger partial charge >= 0.3 is 5.97 Å². The lowest BCUT2D eigenvalue weighted by molar-refractivity contribution is -0.153. The Labute approximate surface area is 96.1 Å².